The summed E-state index contributed by atoms with van der Waals surface area (Å²) in [5.41, 5.74) is 8.08. The van der Waals surface area contributed by atoms with Gasteiger partial charge in [0, 0.05) is 11.1 Å². The molecule has 1 nitrogen and oxygen atoms in total. The largest absolute Gasteiger partial charge is 0.289 e. The third-order valence-electron chi connectivity index (χ3n) is 7.02. The summed E-state index contributed by atoms with van der Waals surface area (Å²) in [6.45, 7) is 0. The van der Waals surface area contributed by atoms with Crippen LogP contribution in [0.15, 0.2) is 121 Å². The molecule has 158 valence electrons. The molecule has 6 aromatic rings. The number of carbonyl (C=O) groups excluding carboxylic acids is 1. The van der Waals surface area contributed by atoms with Crippen molar-refractivity contribution in [1.29, 1.82) is 0 Å². The molecule has 34 heavy (non-hydrogen) atoms. The van der Waals surface area contributed by atoms with Crippen LogP contribution in [0, 0.1) is 0 Å². The molecular weight excluding hydrogens is 412 g/mol. The zero-order valence-corrected chi connectivity index (χ0v) is 18.5. The Kier molecular flexibility index (Phi) is 4.06. The normalized spacial score (nSPS) is 12.2. The first kappa shape index (κ1) is 19.0. The standard InChI is InChI=1S/C33H20O/c34-33-31-19-23(27-13-5-9-21-7-1-3-11-25(21)27)15-17-29(31)30-18-16-24(20-32(30)33)28-14-6-10-22-8-2-4-12-26(22)28/h1-20H. The summed E-state index contributed by atoms with van der Waals surface area (Å²) in [6.07, 6.45) is 0. The first-order chi connectivity index (χ1) is 16.8. The molecule has 0 atom stereocenters. The summed E-state index contributed by atoms with van der Waals surface area (Å²) in [5.74, 6) is 0.106. The Labute approximate surface area is 197 Å². The van der Waals surface area contributed by atoms with E-state index in [1.54, 1.807) is 0 Å². The molecule has 0 aliphatic heterocycles. The second-order valence-corrected chi connectivity index (χ2v) is 8.90. The topological polar surface area (TPSA) is 17.1 Å². The Hall–Kier alpha value is -4.49. The summed E-state index contributed by atoms with van der Waals surface area (Å²) in [6, 6.07) is 42.1. The van der Waals surface area contributed by atoms with Gasteiger partial charge in [0.25, 0.3) is 0 Å². The van der Waals surface area contributed by atoms with Gasteiger partial charge < -0.3 is 0 Å². The average Bonchev–Trinajstić information content (AvgIpc) is 3.18. The van der Waals surface area contributed by atoms with Crippen molar-refractivity contribution >= 4 is 27.3 Å². The van der Waals surface area contributed by atoms with Crippen LogP contribution in [0.2, 0.25) is 0 Å². The first-order valence-corrected chi connectivity index (χ1v) is 11.6. The van der Waals surface area contributed by atoms with E-state index in [1.807, 2.05) is 0 Å². The smallest absolute Gasteiger partial charge is 0.194 e. The van der Waals surface area contributed by atoms with Gasteiger partial charge in [0.15, 0.2) is 5.78 Å². The van der Waals surface area contributed by atoms with Gasteiger partial charge in [0.2, 0.25) is 0 Å². The van der Waals surface area contributed by atoms with Crippen molar-refractivity contribution in [2.45, 2.75) is 0 Å². The van der Waals surface area contributed by atoms with E-state index < -0.39 is 0 Å². The second kappa shape index (κ2) is 7.26. The Bertz CT molecular complexity index is 1630. The molecule has 0 saturated heterocycles. The molecule has 1 aliphatic rings. The zero-order valence-electron chi connectivity index (χ0n) is 18.5. The van der Waals surface area contributed by atoms with Gasteiger partial charge in [-0.1, -0.05) is 109 Å². The van der Waals surface area contributed by atoms with Crippen LogP contribution >= 0.6 is 0 Å². The minimum Gasteiger partial charge on any atom is -0.289 e. The fourth-order valence-corrected chi connectivity index (χ4v) is 5.37. The van der Waals surface area contributed by atoms with Crippen LogP contribution in [0.4, 0.5) is 0 Å². The molecule has 0 radical (unpaired) electrons. The predicted octanol–water partition coefficient (Wildman–Crippen LogP) is 8.54. The van der Waals surface area contributed by atoms with E-state index in [-0.39, 0.29) is 5.78 Å². The highest BCUT2D eigenvalue weighted by atomic mass is 16.1. The SMILES string of the molecule is O=C1c2cc(-c3cccc4ccccc34)ccc2-c2ccc(-c3cccc4ccccc34)cc21. The lowest BCUT2D eigenvalue weighted by molar-refractivity contribution is 0.104. The molecule has 7 rings (SSSR count). The summed E-state index contributed by atoms with van der Waals surface area (Å²) < 4.78 is 0. The molecule has 0 fully saturated rings. The van der Waals surface area contributed by atoms with Crippen molar-refractivity contribution < 1.29 is 4.79 Å². The average molecular weight is 433 g/mol. The molecule has 0 aromatic heterocycles. The fraction of sp³-hybridized carbons (Fsp3) is 0. The van der Waals surface area contributed by atoms with E-state index >= 15 is 0 Å². The quantitative estimate of drug-likeness (QED) is 0.267. The van der Waals surface area contributed by atoms with Gasteiger partial charge >= 0.3 is 0 Å². The minimum absolute atomic E-state index is 0.106. The third kappa shape index (κ3) is 2.77. The highest BCUT2D eigenvalue weighted by Crippen LogP contribution is 2.42. The van der Waals surface area contributed by atoms with Gasteiger partial charge in [0.1, 0.15) is 0 Å². The maximum absolute atomic E-state index is 13.6. The number of carbonyl (C=O) groups is 1. The molecule has 1 heteroatoms. The lowest BCUT2D eigenvalue weighted by Crippen LogP contribution is -1.96. The monoisotopic (exact) mass is 432 g/mol. The Morgan fingerprint density at radius 2 is 0.794 bits per heavy atom. The van der Waals surface area contributed by atoms with E-state index in [1.165, 1.54) is 21.5 Å². The Balaban J connectivity index is 1.35. The lowest BCUT2D eigenvalue weighted by Gasteiger charge is -2.09. The minimum atomic E-state index is 0.106. The maximum Gasteiger partial charge on any atom is 0.194 e. The number of hydrogen-bond acceptors (Lipinski definition) is 1. The molecule has 1 aliphatic carbocycles. The fourth-order valence-electron chi connectivity index (χ4n) is 5.37. The van der Waals surface area contributed by atoms with Crippen molar-refractivity contribution in [2.75, 3.05) is 0 Å². The molecular formula is C33H20O. The lowest BCUT2D eigenvalue weighted by atomic mass is 9.94. The molecule has 0 unspecified atom stereocenters. The Morgan fingerprint density at radius 3 is 1.29 bits per heavy atom. The van der Waals surface area contributed by atoms with Crippen LogP contribution in [-0.4, -0.2) is 5.78 Å². The van der Waals surface area contributed by atoms with Gasteiger partial charge in [-0.3, -0.25) is 4.79 Å². The van der Waals surface area contributed by atoms with E-state index in [4.69, 9.17) is 0 Å². The number of hydrogen-bond donors (Lipinski definition) is 0. The van der Waals surface area contributed by atoms with Gasteiger partial charge in [0.05, 0.1) is 0 Å². The third-order valence-corrected chi connectivity index (χ3v) is 7.02. The van der Waals surface area contributed by atoms with Crippen molar-refractivity contribution in [3.05, 3.63) is 132 Å². The van der Waals surface area contributed by atoms with E-state index in [0.29, 0.717) is 0 Å². The maximum atomic E-state index is 13.6. The molecule has 6 aromatic carbocycles. The number of ketones is 1. The highest BCUT2D eigenvalue weighted by molar-refractivity contribution is 6.23. The van der Waals surface area contributed by atoms with E-state index in [9.17, 15) is 4.79 Å². The van der Waals surface area contributed by atoms with Crippen LogP contribution in [0.3, 0.4) is 0 Å². The summed E-state index contributed by atoms with van der Waals surface area (Å²) in [7, 11) is 0. The van der Waals surface area contributed by atoms with Gasteiger partial charge in [-0.15, -0.1) is 0 Å². The van der Waals surface area contributed by atoms with Gasteiger partial charge in [-0.25, -0.2) is 0 Å². The van der Waals surface area contributed by atoms with Crippen molar-refractivity contribution in [3.8, 4) is 33.4 Å². The van der Waals surface area contributed by atoms with Gasteiger partial charge in [-0.2, -0.15) is 0 Å². The van der Waals surface area contributed by atoms with Crippen LogP contribution in [0.25, 0.3) is 54.9 Å². The molecule has 0 bridgehead atoms. The molecule has 0 amide bonds. The van der Waals surface area contributed by atoms with Crippen LogP contribution in [0.1, 0.15) is 15.9 Å². The van der Waals surface area contributed by atoms with Crippen molar-refractivity contribution in [2.24, 2.45) is 0 Å². The summed E-state index contributed by atoms with van der Waals surface area (Å²) >= 11 is 0. The van der Waals surface area contributed by atoms with Crippen LogP contribution in [0.5, 0.6) is 0 Å². The van der Waals surface area contributed by atoms with Crippen molar-refractivity contribution in [3.63, 3.8) is 0 Å². The van der Waals surface area contributed by atoms with E-state index in [0.717, 1.165) is 44.5 Å². The summed E-state index contributed by atoms with van der Waals surface area (Å²) in [4.78, 5) is 13.6. The van der Waals surface area contributed by atoms with Gasteiger partial charge in [-0.05, 0) is 67.1 Å². The predicted molar refractivity (Wildman–Crippen MR) is 141 cm³/mol. The number of fused-ring (bicyclic) bond motifs is 5. The van der Waals surface area contributed by atoms with Crippen LogP contribution < -0.4 is 0 Å². The van der Waals surface area contributed by atoms with Crippen LogP contribution in [-0.2, 0) is 0 Å². The number of benzene rings is 6. The summed E-state index contributed by atoms with van der Waals surface area (Å²) in [5, 5.41) is 4.81. The molecule has 0 spiro atoms. The first-order valence-electron chi connectivity index (χ1n) is 11.6. The molecule has 0 heterocycles. The molecule has 0 saturated carbocycles. The number of rotatable bonds is 2. The molecule has 0 N–H and O–H groups in total. The highest BCUT2D eigenvalue weighted by Gasteiger charge is 2.27. The van der Waals surface area contributed by atoms with Crippen molar-refractivity contribution in [1.82, 2.24) is 0 Å². The van der Waals surface area contributed by atoms with E-state index in [2.05, 4.69) is 121 Å². The Morgan fingerprint density at radius 1 is 0.353 bits per heavy atom. The zero-order chi connectivity index (χ0) is 22.6. The second-order valence-electron chi connectivity index (χ2n) is 8.90.